The van der Waals surface area contributed by atoms with Crippen LogP contribution in [-0.4, -0.2) is 22.5 Å². The van der Waals surface area contributed by atoms with E-state index in [9.17, 15) is 14.7 Å². The number of carboxylic acids is 1. The van der Waals surface area contributed by atoms with E-state index in [0.29, 0.717) is 0 Å². The summed E-state index contributed by atoms with van der Waals surface area (Å²) in [5.41, 5.74) is -0.267. The number of halogens is 1. The van der Waals surface area contributed by atoms with Crippen molar-refractivity contribution < 1.29 is 14.7 Å². The molecule has 19 heavy (non-hydrogen) atoms. The average Bonchev–Trinajstić information content (AvgIpc) is 3.16. The number of carboxylic acid groups (broad SMARTS) is 1. The molecule has 1 fully saturated rings. The topological polar surface area (TPSA) is 66.4 Å². The zero-order chi connectivity index (χ0) is 14.0. The van der Waals surface area contributed by atoms with E-state index >= 15 is 0 Å². The van der Waals surface area contributed by atoms with Crippen LogP contribution in [0.25, 0.3) is 0 Å². The fourth-order valence-electron chi connectivity index (χ4n) is 2.11. The molecule has 4 nitrogen and oxygen atoms in total. The van der Waals surface area contributed by atoms with Gasteiger partial charge in [0.15, 0.2) is 0 Å². The van der Waals surface area contributed by atoms with Crippen molar-refractivity contribution in [2.24, 2.45) is 5.92 Å². The molecule has 0 heterocycles. The molecule has 1 aliphatic rings. The van der Waals surface area contributed by atoms with Crippen molar-refractivity contribution in [2.75, 3.05) is 0 Å². The van der Waals surface area contributed by atoms with Crippen molar-refractivity contribution in [2.45, 2.75) is 31.7 Å². The van der Waals surface area contributed by atoms with Crippen LogP contribution in [0.2, 0.25) is 0 Å². The second-order valence-corrected chi connectivity index (χ2v) is 6.05. The maximum atomic E-state index is 12.0. The van der Waals surface area contributed by atoms with Crippen LogP contribution < -0.4 is 5.32 Å². The second kappa shape index (κ2) is 5.33. The van der Waals surface area contributed by atoms with Gasteiger partial charge in [-0.2, -0.15) is 0 Å². The molecule has 0 saturated heterocycles. The lowest BCUT2D eigenvalue weighted by Crippen LogP contribution is -2.54. The number of hydrogen-bond acceptors (Lipinski definition) is 2. The average molecular weight is 326 g/mol. The lowest BCUT2D eigenvalue weighted by molar-refractivity contribution is -0.147. The van der Waals surface area contributed by atoms with E-state index in [4.69, 9.17) is 0 Å². The second-order valence-electron chi connectivity index (χ2n) is 5.13. The molecule has 0 aliphatic heterocycles. The molecule has 1 amide bonds. The predicted octanol–water partition coefficient (Wildman–Crippen LogP) is 2.36. The molecule has 0 spiro atoms. The molecule has 2 N–H and O–H groups in total. The third-order valence-corrected chi connectivity index (χ3v) is 4.04. The van der Waals surface area contributed by atoms with Gasteiger partial charge in [-0.15, -0.1) is 0 Å². The minimum absolute atomic E-state index is 0.0545. The molecule has 0 bridgehead atoms. The van der Waals surface area contributed by atoms with Crippen LogP contribution in [0.3, 0.4) is 0 Å². The first kappa shape index (κ1) is 14.1. The summed E-state index contributed by atoms with van der Waals surface area (Å²) in [6.45, 7) is 1.59. The van der Waals surface area contributed by atoms with Crippen LogP contribution >= 0.6 is 15.9 Å². The lowest BCUT2D eigenvalue weighted by atomic mass is 9.95. The van der Waals surface area contributed by atoms with Crippen LogP contribution in [0.5, 0.6) is 0 Å². The van der Waals surface area contributed by atoms with Gasteiger partial charge in [0, 0.05) is 4.47 Å². The Morgan fingerprint density at radius 2 is 1.95 bits per heavy atom. The van der Waals surface area contributed by atoms with Crippen LogP contribution in [0, 0.1) is 5.92 Å². The number of hydrogen-bond donors (Lipinski definition) is 2. The van der Waals surface area contributed by atoms with E-state index in [1.807, 2.05) is 24.3 Å². The molecule has 1 aromatic carbocycles. The summed E-state index contributed by atoms with van der Waals surface area (Å²) >= 11 is 3.33. The summed E-state index contributed by atoms with van der Waals surface area (Å²) in [7, 11) is 0. The highest BCUT2D eigenvalue weighted by Gasteiger charge is 2.48. The summed E-state index contributed by atoms with van der Waals surface area (Å²) in [6, 6.07) is 7.41. The number of carbonyl (C=O) groups excluding carboxylic acids is 1. The molecule has 1 unspecified atom stereocenters. The Morgan fingerprint density at radius 1 is 1.37 bits per heavy atom. The van der Waals surface area contributed by atoms with Gasteiger partial charge in [-0.05, 0) is 43.4 Å². The van der Waals surface area contributed by atoms with Gasteiger partial charge in [0.1, 0.15) is 5.54 Å². The monoisotopic (exact) mass is 325 g/mol. The molecule has 1 saturated carbocycles. The predicted molar refractivity (Wildman–Crippen MR) is 74.8 cm³/mol. The Morgan fingerprint density at radius 3 is 2.42 bits per heavy atom. The van der Waals surface area contributed by atoms with Crippen molar-refractivity contribution in [1.29, 1.82) is 0 Å². The third kappa shape index (κ3) is 3.35. The van der Waals surface area contributed by atoms with Crippen LogP contribution in [0.15, 0.2) is 28.7 Å². The van der Waals surface area contributed by atoms with Gasteiger partial charge in [0.05, 0.1) is 6.42 Å². The molecule has 0 radical (unpaired) electrons. The Labute approximate surface area is 120 Å². The van der Waals surface area contributed by atoms with Crippen molar-refractivity contribution in [3.63, 3.8) is 0 Å². The largest absolute Gasteiger partial charge is 0.480 e. The van der Waals surface area contributed by atoms with E-state index in [1.165, 1.54) is 0 Å². The Balaban J connectivity index is 2.00. The fourth-order valence-corrected chi connectivity index (χ4v) is 2.38. The summed E-state index contributed by atoms with van der Waals surface area (Å²) in [5.74, 6) is -1.16. The fraction of sp³-hybridized carbons (Fsp3) is 0.429. The third-order valence-electron chi connectivity index (χ3n) is 3.52. The Kier molecular flexibility index (Phi) is 3.94. The molecule has 0 aromatic heterocycles. The van der Waals surface area contributed by atoms with E-state index in [1.54, 1.807) is 6.92 Å². The number of benzene rings is 1. The minimum atomic E-state index is -1.13. The first-order valence-electron chi connectivity index (χ1n) is 6.20. The van der Waals surface area contributed by atoms with Gasteiger partial charge in [-0.3, -0.25) is 4.79 Å². The quantitative estimate of drug-likeness (QED) is 0.873. The van der Waals surface area contributed by atoms with Crippen molar-refractivity contribution >= 4 is 27.8 Å². The molecule has 1 atom stereocenters. The highest BCUT2D eigenvalue weighted by Crippen LogP contribution is 2.39. The number of amides is 1. The highest BCUT2D eigenvalue weighted by molar-refractivity contribution is 9.10. The first-order chi connectivity index (χ1) is 8.91. The van der Waals surface area contributed by atoms with E-state index in [0.717, 1.165) is 22.9 Å². The van der Waals surface area contributed by atoms with Crippen molar-refractivity contribution in [3.05, 3.63) is 34.3 Å². The Hall–Kier alpha value is -1.36. The summed E-state index contributed by atoms with van der Waals surface area (Å²) < 4.78 is 0.949. The number of aliphatic carboxylic acids is 1. The smallest absolute Gasteiger partial charge is 0.329 e. The van der Waals surface area contributed by atoms with E-state index in [-0.39, 0.29) is 18.2 Å². The zero-order valence-corrected chi connectivity index (χ0v) is 12.2. The molecule has 2 rings (SSSR count). The van der Waals surface area contributed by atoms with Gasteiger partial charge in [-0.1, -0.05) is 28.1 Å². The van der Waals surface area contributed by atoms with Gasteiger partial charge in [0.2, 0.25) is 5.91 Å². The lowest BCUT2D eigenvalue weighted by Gasteiger charge is -2.26. The van der Waals surface area contributed by atoms with E-state index < -0.39 is 11.5 Å². The Bertz CT molecular complexity index is 496. The molecular formula is C14H16BrNO3. The van der Waals surface area contributed by atoms with Crippen LogP contribution in [0.4, 0.5) is 0 Å². The number of nitrogens with one attached hydrogen (secondary N) is 1. The molecule has 5 heteroatoms. The highest BCUT2D eigenvalue weighted by atomic mass is 79.9. The number of rotatable bonds is 5. The summed E-state index contributed by atoms with van der Waals surface area (Å²) in [5, 5.41) is 11.9. The van der Waals surface area contributed by atoms with Crippen LogP contribution in [0.1, 0.15) is 25.3 Å². The molecule has 1 aromatic rings. The number of carbonyl (C=O) groups is 2. The molecular weight excluding hydrogens is 310 g/mol. The van der Waals surface area contributed by atoms with Gasteiger partial charge in [-0.25, -0.2) is 4.79 Å². The summed E-state index contributed by atoms with van der Waals surface area (Å²) in [4.78, 5) is 23.3. The van der Waals surface area contributed by atoms with Crippen molar-refractivity contribution in [1.82, 2.24) is 5.32 Å². The normalized spacial score (nSPS) is 17.6. The van der Waals surface area contributed by atoms with Crippen molar-refractivity contribution in [3.8, 4) is 0 Å². The van der Waals surface area contributed by atoms with Gasteiger partial charge < -0.3 is 10.4 Å². The van der Waals surface area contributed by atoms with E-state index in [2.05, 4.69) is 21.2 Å². The first-order valence-corrected chi connectivity index (χ1v) is 7.00. The zero-order valence-electron chi connectivity index (χ0n) is 10.6. The molecule has 1 aliphatic carbocycles. The SMILES string of the molecule is CC(NC(=O)Cc1ccc(Br)cc1)(C(=O)O)C1CC1. The summed E-state index contributed by atoms with van der Waals surface area (Å²) in [6.07, 6.45) is 1.92. The standard InChI is InChI=1S/C14H16BrNO3/c1-14(13(18)19,10-4-5-10)16-12(17)8-9-2-6-11(15)7-3-9/h2-3,6-7,10H,4-5,8H2,1H3,(H,16,17)(H,18,19). The maximum absolute atomic E-state index is 12.0. The maximum Gasteiger partial charge on any atom is 0.329 e. The van der Waals surface area contributed by atoms with Gasteiger partial charge in [0.25, 0.3) is 0 Å². The van der Waals surface area contributed by atoms with Crippen LogP contribution in [-0.2, 0) is 16.0 Å². The molecule has 102 valence electrons. The minimum Gasteiger partial charge on any atom is -0.480 e. The van der Waals surface area contributed by atoms with Gasteiger partial charge >= 0.3 is 5.97 Å².